The number of pyridine rings is 1. The normalized spacial score (nSPS) is 10.7. The summed E-state index contributed by atoms with van der Waals surface area (Å²) in [5.41, 5.74) is 5.00. The maximum atomic E-state index is 4.57. The summed E-state index contributed by atoms with van der Waals surface area (Å²) in [6, 6.07) is 6.04. The standard InChI is InChI=1S/C14H18N4/c1-9-5-12(6-10(2)16-9)14-17-11(3)7-13(18-14)8-15-4/h5-7,15H,8H2,1-4H3. The average Bonchev–Trinajstić information content (AvgIpc) is 2.27. The van der Waals surface area contributed by atoms with Crippen molar-refractivity contribution >= 4 is 0 Å². The Kier molecular flexibility index (Phi) is 3.67. The van der Waals surface area contributed by atoms with E-state index in [9.17, 15) is 0 Å². The lowest BCUT2D eigenvalue weighted by Crippen LogP contribution is -2.08. The summed E-state index contributed by atoms with van der Waals surface area (Å²) in [4.78, 5) is 13.4. The number of hydrogen-bond donors (Lipinski definition) is 1. The van der Waals surface area contributed by atoms with Crippen LogP contribution in [0.3, 0.4) is 0 Å². The highest BCUT2D eigenvalue weighted by Crippen LogP contribution is 2.17. The van der Waals surface area contributed by atoms with E-state index in [2.05, 4.69) is 20.3 Å². The lowest BCUT2D eigenvalue weighted by Gasteiger charge is -2.07. The lowest BCUT2D eigenvalue weighted by atomic mass is 10.1. The minimum Gasteiger partial charge on any atom is -0.314 e. The molecule has 0 unspecified atom stereocenters. The molecule has 0 aliphatic rings. The summed E-state index contributed by atoms with van der Waals surface area (Å²) < 4.78 is 0. The Morgan fingerprint density at radius 2 is 1.50 bits per heavy atom. The molecule has 2 rings (SSSR count). The first-order valence-electron chi connectivity index (χ1n) is 6.03. The minimum atomic E-state index is 0.749. The molecule has 0 aromatic carbocycles. The van der Waals surface area contributed by atoms with Crippen molar-refractivity contribution in [2.45, 2.75) is 27.3 Å². The Labute approximate surface area is 108 Å². The fourth-order valence-corrected chi connectivity index (χ4v) is 2.00. The van der Waals surface area contributed by atoms with Gasteiger partial charge in [-0.3, -0.25) is 4.98 Å². The van der Waals surface area contributed by atoms with Gasteiger partial charge in [0.15, 0.2) is 5.82 Å². The Hall–Kier alpha value is -1.81. The molecular formula is C14H18N4. The predicted octanol–water partition coefficient (Wildman–Crippen LogP) is 2.18. The van der Waals surface area contributed by atoms with Crippen LogP contribution in [0.5, 0.6) is 0 Å². The van der Waals surface area contributed by atoms with E-state index >= 15 is 0 Å². The molecule has 0 aliphatic heterocycles. The largest absolute Gasteiger partial charge is 0.314 e. The molecular weight excluding hydrogens is 224 g/mol. The van der Waals surface area contributed by atoms with Crippen molar-refractivity contribution in [3.05, 3.63) is 41.0 Å². The van der Waals surface area contributed by atoms with Gasteiger partial charge in [-0.25, -0.2) is 9.97 Å². The van der Waals surface area contributed by atoms with Gasteiger partial charge in [-0.05, 0) is 46.0 Å². The third kappa shape index (κ3) is 2.90. The molecule has 0 radical (unpaired) electrons. The Balaban J connectivity index is 2.49. The SMILES string of the molecule is CNCc1cc(C)nc(-c2cc(C)nc(C)c2)n1. The molecule has 4 nitrogen and oxygen atoms in total. The second-order valence-corrected chi connectivity index (χ2v) is 4.49. The van der Waals surface area contributed by atoms with Gasteiger partial charge in [-0.1, -0.05) is 0 Å². The van der Waals surface area contributed by atoms with E-state index in [1.807, 2.05) is 46.0 Å². The summed E-state index contributed by atoms with van der Waals surface area (Å²) in [7, 11) is 1.91. The fourth-order valence-electron chi connectivity index (χ4n) is 2.00. The summed E-state index contributed by atoms with van der Waals surface area (Å²) in [5, 5.41) is 3.11. The quantitative estimate of drug-likeness (QED) is 0.896. The van der Waals surface area contributed by atoms with Gasteiger partial charge < -0.3 is 5.32 Å². The van der Waals surface area contributed by atoms with Crippen LogP contribution >= 0.6 is 0 Å². The van der Waals surface area contributed by atoms with Crippen LogP contribution in [-0.2, 0) is 6.54 Å². The number of hydrogen-bond acceptors (Lipinski definition) is 4. The molecule has 2 aromatic rings. The fraction of sp³-hybridized carbons (Fsp3) is 0.357. The van der Waals surface area contributed by atoms with E-state index in [-0.39, 0.29) is 0 Å². The van der Waals surface area contributed by atoms with Gasteiger partial charge in [-0.15, -0.1) is 0 Å². The minimum absolute atomic E-state index is 0.749. The topological polar surface area (TPSA) is 50.7 Å². The maximum Gasteiger partial charge on any atom is 0.159 e. The molecule has 0 saturated heterocycles. The second-order valence-electron chi connectivity index (χ2n) is 4.49. The first kappa shape index (κ1) is 12.6. The van der Waals surface area contributed by atoms with Crippen molar-refractivity contribution in [1.82, 2.24) is 20.3 Å². The molecule has 18 heavy (non-hydrogen) atoms. The van der Waals surface area contributed by atoms with Crippen molar-refractivity contribution in [3.63, 3.8) is 0 Å². The third-order valence-corrected chi connectivity index (χ3v) is 2.60. The molecule has 0 saturated carbocycles. The van der Waals surface area contributed by atoms with E-state index in [4.69, 9.17) is 0 Å². The highest BCUT2D eigenvalue weighted by molar-refractivity contribution is 5.56. The summed E-state index contributed by atoms with van der Waals surface area (Å²) in [5.74, 6) is 0.772. The van der Waals surface area contributed by atoms with Crippen LogP contribution in [0.1, 0.15) is 22.8 Å². The van der Waals surface area contributed by atoms with Gasteiger partial charge in [0.05, 0.1) is 5.69 Å². The molecule has 0 aliphatic carbocycles. The first-order chi connectivity index (χ1) is 8.58. The van der Waals surface area contributed by atoms with Gasteiger partial charge in [0.25, 0.3) is 0 Å². The average molecular weight is 242 g/mol. The highest BCUT2D eigenvalue weighted by atomic mass is 14.9. The zero-order valence-corrected chi connectivity index (χ0v) is 11.3. The van der Waals surface area contributed by atoms with Crippen molar-refractivity contribution in [1.29, 1.82) is 0 Å². The van der Waals surface area contributed by atoms with Gasteiger partial charge >= 0.3 is 0 Å². The number of nitrogens with one attached hydrogen (secondary N) is 1. The van der Waals surface area contributed by atoms with Crippen molar-refractivity contribution in [2.24, 2.45) is 0 Å². The summed E-state index contributed by atoms with van der Waals surface area (Å²) >= 11 is 0. The molecule has 2 heterocycles. The summed E-state index contributed by atoms with van der Waals surface area (Å²) in [6.07, 6.45) is 0. The monoisotopic (exact) mass is 242 g/mol. The van der Waals surface area contributed by atoms with E-state index in [0.29, 0.717) is 0 Å². The molecule has 94 valence electrons. The smallest absolute Gasteiger partial charge is 0.159 e. The van der Waals surface area contributed by atoms with E-state index in [1.54, 1.807) is 0 Å². The second kappa shape index (κ2) is 5.23. The Morgan fingerprint density at radius 1 is 0.889 bits per heavy atom. The number of aromatic nitrogens is 3. The predicted molar refractivity (Wildman–Crippen MR) is 72.2 cm³/mol. The summed E-state index contributed by atoms with van der Waals surface area (Å²) in [6.45, 7) is 6.71. The number of rotatable bonds is 3. The highest BCUT2D eigenvalue weighted by Gasteiger charge is 2.06. The van der Waals surface area contributed by atoms with Crippen LogP contribution < -0.4 is 5.32 Å². The molecule has 0 amide bonds. The van der Waals surface area contributed by atoms with Crippen LogP contribution in [0.15, 0.2) is 18.2 Å². The van der Waals surface area contributed by atoms with Crippen molar-refractivity contribution in [2.75, 3.05) is 7.05 Å². The van der Waals surface area contributed by atoms with E-state index < -0.39 is 0 Å². The zero-order valence-electron chi connectivity index (χ0n) is 11.3. The van der Waals surface area contributed by atoms with Gasteiger partial charge in [0.2, 0.25) is 0 Å². The Morgan fingerprint density at radius 3 is 2.11 bits per heavy atom. The molecule has 0 bridgehead atoms. The van der Waals surface area contributed by atoms with Crippen LogP contribution in [0.25, 0.3) is 11.4 Å². The van der Waals surface area contributed by atoms with Gasteiger partial charge in [-0.2, -0.15) is 0 Å². The van der Waals surface area contributed by atoms with Gasteiger partial charge in [0, 0.05) is 29.2 Å². The van der Waals surface area contributed by atoms with E-state index in [1.165, 1.54) is 0 Å². The van der Waals surface area contributed by atoms with E-state index in [0.717, 1.165) is 40.7 Å². The van der Waals surface area contributed by atoms with Crippen LogP contribution in [0.2, 0.25) is 0 Å². The van der Waals surface area contributed by atoms with Crippen molar-refractivity contribution in [3.8, 4) is 11.4 Å². The van der Waals surface area contributed by atoms with Crippen LogP contribution in [0.4, 0.5) is 0 Å². The molecule has 4 heteroatoms. The first-order valence-corrected chi connectivity index (χ1v) is 6.03. The Bertz CT molecular complexity index is 543. The lowest BCUT2D eigenvalue weighted by molar-refractivity contribution is 0.785. The third-order valence-electron chi connectivity index (χ3n) is 2.60. The molecule has 0 fully saturated rings. The van der Waals surface area contributed by atoms with Crippen LogP contribution in [-0.4, -0.2) is 22.0 Å². The molecule has 0 atom stereocenters. The van der Waals surface area contributed by atoms with Gasteiger partial charge in [0.1, 0.15) is 0 Å². The zero-order chi connectivity index (χ0) is 13.1. The van der Waals surface area contributed by atoms with Crippen molar-refractivity contribution < 1.29 is 0 Å². The van der Waals surface area contributed by atoms with Crippen LogP contribution in [0, 0.1) is 20.8 Å². The molecule has 1 N–H and O–H groups in total. The molecule has 0 spiro atoms. The maximum absolute atomic E-state index is 4.57. The molecule has 2 aromatic heterocycles. The number of nitrogens with zero attached hydrogens (tertiary/aromatic N) is 3. The number of aryl methyl sites for hydroxylation is 3.